The van der Waals surface area contributed by atoms with Crippen LogP contribution in [0.15, 0.2) is 51.7 Å². The maximum absolute atomic E-state index is 12.8. The standard InChI is InChI=1S/C24H25N5O2/c1-5-20-18(16-8-6-7-9-21(16)31-20)13-27(3)14-22-25-26-24-28(4)23(30)17-12-15(2)10-11-19(17)29(22)24/h6-12H,5,13-14H2,1-4H3. The largest absolute Gasteiger partial charge is 0.461 e. The first kappa shape index (κ1) is 19.5. The number of benzene rings is 2. The normalized spacial score (nSPS) is 12.0. The summed E-state index contributed by atoms with van der Waals surface area (Å²) in [4.78, 5) is 15.0. The number of aryl methyl sites for hydroxylation is 3. The van der Waals surface area contributed by atoms with Crippen molar-refractivity contribution >= 4 is 27.6 Å². The number of hydrogen-bond donors (Lipinski definition) is 0. The van der Waals surface area contributed by atoms with Gasteiger partial charge in [-0.1, -0.05) is 36.8 Å². The molecular formula is C24H25N5O2. The number of nitrogens with zero attached hydrogens (tertiary/aromatic N) is 5. The maximum Gasteiger partial charge on any atom is 0.262 e. The first-order valence-corrected chi connectivity index (χ1v) is 10.5. The molecule has 0 saturated carbocycles. The van der Waals surface area contributed by atoms with Gasteiger partial charge in [0.1, 0.15) is 11.3 Å². The fraction of sp³-hybridized carbons (Fsp3) is 0.292. The third kappa shape index (κ3) is 3.13. The number of fused-ring (bicyclic) bond motifs is 4. The van der Waals surface area contributed by atoms with Crippen molar-refractivity contribution in [3.8, 4) is 0 Å². The van der Waals surface area contributed by atoms with Gasteiger partial charge in [-0.05, 0) is 32.2 Å². The Balaban J connectivity index is 1.56. The Morgan fingerprint density at radius 3 is 2.68 bits per heavy atom. The second-order valence-electron chi connectivity index (χ2n) is 8.16. The minimum Gasteiger partial charge on any atom is -0.461 e. The van der Waals surface area contributed by atoms with Gasteiger partial charge in [0, 0.05) is 31.0 Å². The van der Waals surface area contributed by atoms with Crippen LogP contribution in [0.3, 0.4) is 0 Å². The highest BCUT2D eigenvalue weighted by Crippen LogP contribution is 2.27. The van der Waals surface area contributed by atoms with E-state index in [0.29, 0.717) is 17.7 Å². The van der Waals surface area contributed by atoms with Gasteiger partial charge in [-0.2, -0.15) is 0 Å². The molecule has 2 aromatic carbocycles. The van der Waals surface area contributed by atoms with E-state index in [-0.39, 0.29) is 5.56 Å². The Kier molecular flexibility index (Phi) is 4.63. The third-order valence-corrected chi connectivity index (χ3v) is 5.88. The fourth-order valence-corrected chi connectivity index (χ4v) is 4.34. The van der Waals surface area contributed by atoms with Crippen LogP contribution in [0.4, 0.5) is 0 Å². The molecule has 0 bridgehead atoms. The lowest BCUT2D eigenvalue weighted by atomic mass is 10.1. The fourth-order valence-electron chi connectivity index (χ4n) is 4.34. The van der Waals surface area contributed by atoms with E-state index in [2.05, 4.69) is 35.1 Å². The lowest BCUT2D eigenvalue weighted by molar-refractivity contribution is 0.307. The summed E-state index contributed by atoms with van der Waals surface area (Å²) in [5.74, 6) is 2.36. The predicted molar refractivity (Wildman–Crippen MR) is 121 cm³/mol. The minimum absolute atomic E-state index is 0.0593. The summed E-state index contributed by atoms with van der Waals surface area (Å²) in [5.41, 5.74) is 3.96. The van der Waals surface area contributed by atoms with Crippen molar-refractivity contribution in [2.45, 2.75) is 33.4 Å². The molecule has 0 fully saturated rings. The SMILES string of the molecule is CCc1oc2ccccc2c1CN(C)Cc1nnc2n(C)c(=O)c3cc(C)ccc3n12. The second kappa shape index (κ2) is 7.35. The Hall–Kier alpha value is -3.45. The van der Waals surface area contributed by atoms with E-state index >= 15 is 0 Å². The average Bonchev–Trinajstić information content (AvgIpc) is 3.34. The molecule has 0 radical (unpaired) electrons. The molecule has 7 heteroatoms. The van der Waals surface area contributed by atoms with Crippen LogP contribution in [0, 0.1) is 6.92 Å². The van der Waals surface area contributed by atoms with Crippen LogP contribution < -0.4 is 5.56 Å². The molecule has 0 aliphatic carbocycles. The summed E-state index contributed by atoms with van der Waals surface area (Å²) >= 11 is 0. The van der Waals surface area contributed by atoms with Gasteiger partial charge in [0.25, 0.3) is 5.56 Å². The van der Waals surface area contributed by atoms with Crippen LogP contribution in [0.1, 0.15) is 29.6 Å². The van der Waals surface area contributed by atoms with Crippen LogP contribution in [-0.2, 0) is 26.6 Å². The average molecular weight is 415 g/mol. The van der Waals surface area contributed by atoms with Crippen LogP contribution in [-0.4, -0.2) is 31.1 Å². The second-order valence-corrected chi connectivity index (χ2v) is 8.16. The number of aromatic nitrogens is 4. The van der Waals surface area contributed by atoms with Crippen LogP contribution in [0.2, 0.25) is 0 Å². The minimum atomic E-state index is -0.0593. The van der Waals surface area contributed by atoms with Crippen molar-refractivity contribution in [3.05, 3.63) is 75.5 Å². The lowest BCUT2D eigenvalue weighted by Crippen LogP contribution is -2.22. The summed E-state index contributed by atoms with van der Waals surface area (Å²) in [7, 11) is 3.81. The van der Waals surface area contributed by atoms with Gasteiger partial charge in [-0.15, -0.1) is 10.2 Å². The van der Waals surface area contributed by atoms with Crippen molar-refractivity contribution < 1.29 is 4.42 Å². The van der Waals surface area contributed by atoms with Gasteiger partial charge in [0.2, 0.25) is 5.78 Å². The van der Waals surface area contributed by atoms with Crippen molar-refractivity contribution in [1.82, 2.24) is 24.1 Å². The first-order chi connectivity index (χ1) is 15.0. The van der Waals surface area contributed by atoms with Crippen LogP contribution in [0.25, 0.3) is 27.6 Å². The molecule has 0 spiro atoms. The molecule has 0 aliphatic heterocycles. The quantitative estimate of drug-likeness (QED) is 0.436. The molecule has 158 valence electrons. The molecule has 0 N–H and O–H groups in total. The zero-order valence-corrected chi connectivity index (χ0v) is 18.2. The van der Waals surface area contributed by atoms with Gasteiger partial charge in [0.05, 0.1) is 17.4 Å². The summed E-state index contributed by atoms with van der Waals surface area (Å²) in [6, 6.07) is 14.1. The Morgan fingerprint density at radius 2 is 1.87 bits per heavy atom. The van der Waals surface area contributed by atoms with Crippen molar-refractivity contribution in [2.24, 2.45) is 7.05 Å². The van der Waals surface area contributed by atoms with Crippen LogP contribution >= 0.6 is 0 Å². The molecule has 0 aliphatic rings. The summed E-state index contributed by atoms with van der Waals surface area (Å²) in [6.45, 7) is 5.43. The highest BCUT2D eigenvalue weighted by Gasteiger charge is 2.18. The summed E-state index contributed by atoms with van der Waals surface area (Å²) in [5, 5.41) is 10.6. The molecule has 5 rings (SSSR count). The summed E-state index contributed by atoms with van der Waals surface area (Å²) < 4.78 is 9.61. The Labute approximate surface area is 179 Å². The van der Waals surface area contributed by atoms with Gasteiger partial charge < -0.3 is 4.42 Å². The highest BCUT2D eigenvalue weighted by molar-refractivity contribution is 5.82. The molecule has 3 heterocycles. The van der Waals surface area contributed by atoms with Crippen molar-refractivity contribution in [1.29, 1.82) is 0 Å². The molecule has 7 nitrogen and oxygen atoms in total. The third-order valence-electron chi connectivity index (χ3n) is 5.88. The molecule has 0 saturated heterocycles. The Bertz CT molecular complexity index is 1490. The smallest absolute Gasteiger partial charge is 0.262 e. The van der Waals surface area contributed by atoms with E-state index < -0.39 is 0 Å². The predicted octanol–water partition coefficient (Wildman–Crippen LogP) is 3.83. The van der Waals surface area contributed by atoms with E-state index in [0.717, 1.165) is 46.6 Å². The van der Waals surface area contributed by atoms with E-state index in [4.69, 9.17) is 4.42 Å². The van der Waals surface area contributed by atoms with E-state index in [1.807, 2.05) is 47.7 Å². The van der Waals surface area contributed by atoms with Gasteiger partial charge in [-0.3, -0.25) is 18.7 Å². The molecule has 3 aromatic heterocycles. The number of hydrogen-bond acceptors (Lipinski definition) is 5. The first-order valence-electron chi connectivity index (χ1n) is 10.5. The molecule has 31 heavy (non-hydrogen) atoms. The number of furan rings is 1. The van der Waals surface area contributed by atoms with Crippen molar-refractivity contribution in [2.75, 3.05) is 7.05 Å². The van der Waals surface area contributed by atoms with Crippen molar-refractivity contribution in [3.63, 3.8) is 0 Å². The molecule has 0 atom stereocenters. The van der Waals surface area contributed by atoms with Crippen LogP contribution in [0.5, 0.6) is 0 Å². The monoisotopic (exact) mass is 415 g/mol. The van der Waals surface area contributed by atoms with E-state index in [9.17, 15) is 4.79 Å². The maximum atomic E-state index is 12.8. The van der Waals surface area contributed by atoms with E-state index in [1.54, 1.807) is 11.6 Å². The van der Waals surface area contributed by atoms with Gasteiger partial charge in [0.15, 0.2) is 5.82 Å². The summed E-state index contributed by atoms with van der Waals surface area (Å²) in [6.07, 6.45) is 0.845. The van der Waals surface area contributed by atoms with Gasteiger partial charge >= 0.3 is 0 Å². The Morgan fingerprint density at radius 1 is 1.06 bits per heavy atom. The molecule has 0 unspecified atom stereocenters. The molecular weight excluding hydrogens is 390 g/mol. The number of rotatable bonds is 5. The molecule has 5 aromatic rings. The topological polar surface area (TPSA) is 68.6 Å². The number of para-hydroxylation sites is 1. The zero-order valence-electron chi connectivity index (χ0n) is 18.2. The van der Waals surface area contributed by atoms with E-state index in [1.165, 1.54) is 5.56 Å². The highest BCUT2D eigenvalue weighted by atomic mass is 16.3. The van der Waals surface area contributed by atoms with Gasteiger partial charge in [-0.25, -0.2) is 0 Å². The lowest BCUT2D eigenvalue weighted by Gasteiger charge is -2.16. The zero-order chi connectivity index (χ0) is 21.7. The molecule has 0 amide bonds.